The molecule has 2 aromatic rings. The fourth-order valence-electron chi connectivity index (χ4n) is 3.00. The quantitative estimate of drug-likeness (QED) is 0.477. The van der Waals surface area contributed by atoms with Gasteiger partial charge in [-0.25, -0.2) is 23.7 Å². The molecule has 26 heavy (non-hydrogen) atoms. The minimum Gasteiger partial charge on any atom is -0.387 e. The third-order valence-electron chi connectivity index (χ3n) is 4.29. The number of nitrogens with two attached hydrogens (primary N) is 2. The lowest BCUT2D eigenvalue weighted by Gasteiger charge is -2.26. The van der Waals surface area contributed by atoms with E-state index in [0.717, 1.165) is 0 Å². The number of aliphatic hydroxyl groups excluding tert-OH is 2. The van der Waals surface area contributed by atoms with E-state index >= 15 is 0 Å². The van der Waals surface area contributed by atoms with Crippen LogP contribution in [0.3, 0.4) is 0 Å². The van der Waals surface area contributed by atoms with Crippen molar-refractivity contribution in [3.8, 4) is 0 Å². The third kappa shape index (κ3) is 3.46. The summed E-state index contributed by atoms with van der Waals surface area (Å²) >= 11 is 0. The van der Waals surface area contributed by atoms with Gasteiger partial charge < -0.3 is 26.4 Å². The Kier molecular flexibility index (Phi) is 5.03. The Hall–Kier alpha value is -1.99. The van der Waals surface area contributed by atoms with Crippen molar-refractivity contribution in [1.29, 1.82) is 0 Å². The Labute approximate surface area is 147 Å². The second kappa shape index (κ2) is 6.96. The molecule has 0 unspecified atom stereocenters. The molecule has 0 spiro atoms. The van der Waals surface area contributed by atoms with Crippen LogP contribution in [0.5, 0.6) is 0 Å². The van der Waals surface area contributed by atoms with Crippen molar-refractivity contribution in [3.05, 3.63) is 12.7 Å². The number of halogens is 2. The predicted octanol–water partition coefficient (Wildman–Crippen LogP) is -1.45. The van der Waals surface area contributed by atoms with Gasteiger partial charge in [-0.3, -0.25) is 9.47 Å². The highest BCUT2D eigenvalue weighted by atomic mass is 19.3. The summed E-state index contributed by atoms with van der Waals surface area (Å²) in [5.41, 5.74) is 11.4. The van der Waals surface area contributed by atoms with Gasteiger partial charge in [-0.05, 0) is 7.05 Å². The van der Waals surface area contributed by atoms with Crippen molar-refractivity contribution in [2.45, 2.75) is 30.5 Å². The monoisotopic (exact) mass is 373 g/mol. The summed E-state index contributed by atoms with van der Waals surface area (Å²) in [6, 6.07) is 0. The average molecular weight is 373 g/mol. The lowest BCUT2D eigenvalue weighted by Crippen LogP contribution is -2.45. The summed E-state index contributed by atoms with van der Waals surface area (Å²) < 4.78 is 33.9. The van der Waals surface area contributed by atoms with Crippen molar-refractivity contribution in [3.63, 3.8) is 0 Å². The van der Waals surface area contributed by atoms with Gasteiger partial charge in [0.2, 0.25) is 0 Å². The molecular weight excluding hydrogens is 352 g/mol. The lowest BCUT2D eigenvalue weighted by atomic mass is 10.1. The van der Waals surface area contributed by atoms with Crippen LogP contribution < -0.4 is 11.5 Å². The maximum Gasteiger partial charge on any atom is 0.272 e. The zero-order valence-corrected chi connectivity index (χ0v) is 14.0. The number of imidazole rings is 1. The van der Waals surface area contributed by atoms with Crippen LogP contribution in [0.1, 0.15) is 6.23 Å². The maximum absolute atomic E-state index is 13.4. The Morgan fingerprint density at radius 2 is 2.04 bits per heavy atom. The fraction of sp³-hybridized carbons (Fsp3) is 0.643. The normalized spacial score (nSPS) is 26.9. The Morgan fingerprint density at radius 3 is 2.73 bits per heavy atom. The molecular formula is C14H21F2N7O3. The molecule has 3 heterocycles. The van der Waals surface area contributed by atoms with Crippen molar-refractivity contribution in [1.82, 2.24) is 24.4 Å². The number of hydrogen-bond donors (Lipinski definition) is 4. The number of likely N-dealkylation sites (N-methyl/N-ethyl adjacent to an activating group) is 1. The number of alkyl halides is 2. The molecule has 0 saturated carbocycles. The average Bonchev–Trinajstić information content (AvgIpc) is 3.12. The molecule has 2 aromatic heterocycles. The van der Waals surface area contributed by atoms with Gasteiger partial charge >= 0.3 is 0 Å². The van der Waals surface area contributed by atoms with Crippen molar-refractivity contribution >= 4 is 17.0 Å². The van der Waals surface area contributed by atoms with E-state index in [1.807, 2.05) is 0 Å². The van der Waals surface area contributed by atoms with E-state index in [0.29, 0.717) is 11.2 Å². The van der Waals surface area contributed by atoms with Crippen molar-refractivity contribution in [2.24, 2.45) is 5.73 Å². The smallest absolute Gasteiger partial charge is 0.272 e. The number of ether oxygens (including phenoxy) is 1. The summed E-state index contributed by atoms with van der Waals surface area (Å²) in [5, 5.41) is 20.6. The zero-order valence-electron chi connectivity index (χ0n) is 14.0. The van der Waals surface area contributed by atoms with E-state index in [2.05, 4.69) is 15.0 Å². The number of hydrogen-bond acceptors (Lipinski definition) is 9. The molecule has 0 aromatic carbocycles. The molecule has 1 aliphatic heterocycles. The molecule has 12 heteroatoms. The van der Waals surface area contributed by atoms with E-state index in [1.165, 1.54) is 29.2 Å². The van der Waals surface area contributed by atoms with E-state index in [-0.39, 0.29) is 12.4 Å². The number of anilines is 1. The molecule has 144 valence electrons. The molecule has 0 amide bonds. The standard InChI is InChI=1S/C14H21F2N7O3/c1-22(4-14(15,16)3-17)2-7-9(24)10(25)13(26-7)23-6-21-8-11(18)19-5-20-12(8)23/h5-7,9-10,13,24-25H,2-4,17H2,1H3,(H2,18,19,20)/t7-,9-,10-,13-/m1/s1. The number of nitrogens with zero attached hydrogens (tertiary/aromatic N) is 5. The molecule has 6 N–H and O–H groups in total. The van der Waals surface area contributed by atoms with Gasteiger partial charge in [-0.15, -0.1) is 0 Å². The van der Waals surface area contributed by atoms with E-state index < -0.39 is 43.6 Å². The Balaban J connectivity index is 1.76. The van der Waals surface area contributed by atoms with Crippen LogP contribution in [0.4, 0.5) is 14.6 Å². The highest BCUT2D eigenvalue weighted by Crippen LogP contribution is 2.32. The first-order valence-corrected chi connectivity index (χ1v) is 7.94. The van der Waals surface area contributed by atoms with Crippen molar-refractivity contribution < 1.29 is 23.7 Å². The zero-order chi connectivity index (χ0) is 19.1. The second-order valence-electron chi connectivity index (χ2n) is 6.39. The SMILES string of the molecule is CN(C[C@H]1O[C@@H](n2cnc3c(N)ncnc32)[C@H](O)[C@@H]1O)CC(F)(F)CN. The Morgan fingerprint density at radius 1 is 1.31 bits per heavy atom. The van der Waals surface area contributed by atoms with Gasteiger partial charge in [-0.1, -0.05) is 0 Å². The summed E-state index contributed by atoms with van der Waals surface area (Å²) in [6.07, 6.45) is -1.83. The highest BCUT2D eigenvalue weighted by Gasteiger charge is 2.45. The maximum atomic E-state index is 13.4. The van der Waals surface area contributed by atoms with Gasteiger partial charge in [0, 0.05) is 6.54 Å². The molecule has 10 nitrogen and oxygen atoms in total. The van der Waals surface area contributed by atoms with Gasteiger partial charge in [-0.2, -0.15) is 0 Å². The van der Waals surface area contributed by atoms with Crippen LogP contribution in [-0.4, -0.2) is 85.5 Å². The van der Waals surface area contributed by atoms with Crippen LogP contribution in [0.15, 0.2) is 12.7 Å². The molecule has 1 aliphatic rings. The molecule has 0 bridgehead atoms. The molecule has 4 atom stereocenters. The first-order chi connectivity index (χ1) is 12.2. The van der Waals surface area contributed by atoms with Crippen LogP contribution in [0.25, 0.3) is 11.2 Å². The second-order valence-corrected chi connectivity index (χ2v) is 6.39. The number of aromatic nitrogens is 4. The molecule has 1 fully saturated rings. The third-order valence-corrected chi connectivity index (χ3v) is 4.29. The van der Waals surface area contributed by atoms with Gasteiger partial charge in [0.15, 0.2) is 17.7 Å². The minimum atomic E-state index is -3.05. The largest absolute Gasteiger partial charge is 0.387 e. The number of nitrogen functional groups attached to an aromatic ring is 1. The van der Waals surface area contributed by atoms with Crippen molar-refractivity contribution in [2.75, 3.05) is 32.4 Å². The fourth-order valence-corrected chi connectivity index (χ4v) is 3.00. The van der Waals surface area contributed by atoms with Crippen LogP contribution in [-0.2, 0) is 4.74 Å². The van der Waals surface area contributed by atoms with Gasteiger partial charge in [0.25, 0.3) is 5.92 Å². The van der Waals surface area contributed by atoms with Crippen LogP contribution in [0, 0.1) is 0 Å². The minimum absolute atomic E-state index is 0.0198. The molecule has 1 saturated heterocycles. The highest BCUT2D eigenvalue weighted by molar-refractivity contribution is 5.81. The van der Waals surface area contributed by atoms with Crippen LogP contribution in [0.2, 0.25) is 0 Å². The number of aliphatic hydroxyl groups is 2. The van der Waals surface area contributed by atoms with E-state index in [1.54, 1.807) is 0 Å². The first-order valence-electron chi connectivity index (χ1n) is 7.94. The lowest BCUT2D eigenvalue weighted by molar-refractivity contribution is -0.0591. The molecule has 3 rings (SSSR count). The van der Waals surface area contributed by atoms with E-state index in [9.17, 15) is 19.0 Å². The Bertz CT molecular complexity index is 774. The van der Waals surface area contributed by atoms with Crippen LogP contribution >= 0.6 is 0 Å². The molecule has 0 radical (unpaired) electrons. The summed E-state index contributed by atoms with van der Waals surface area (Å²) in [6.45, 7) is -1.39. The summed E-state index contributed by atoms with van der Waals surface area (Å²) in [5.74, 6) is -2.88. The summed E-state index contributed by atoms with van der Waals surface area (Å²) in [7, 11) is 1.46. The number of rotatable bonds is 6. The molecule has 0 aliphatic carbocycles. The predicted molar refractivity (Wildman–Crippen MR) is 87.2 cm³/mol. The topological polar surface area (TPSA) is 149 Å². The number of fused-ring (bicyclic) bond motifs is 1. The summed E-state index contributed by atoms with van der Waals surface area (Å²) in [4.78, 5) is 13.3. The first kappa shape index (κ1) is 18.8. The van der Waals surface area contributed by atoms with Gasteiger partial charge in [0.05, 0.1) is 19.4 Å². The van der Waals surface area contributed by atoms with Gasteiger partial charge in [0.1, 0.15) is 30.2 Å². The van der Waals surface area contributed by atoms with E-state index in [4.69, 9.17) is 16.2 Å².